The summed E-state index contributed by atoms with van der Waals surface area (Å²) in [5.74, 6) is 0.311. The van der Waals surface area contributed by atoms with E-state index in [0.717, 1.165) is 12.8 Å². The van der Waals surface area contributed by atoms with E-state index in [9.17, 15) is 4.79 Å². The Morgan fingerprint density at radius 1 is 1.29 bits per heavy atom. The highest BCUT2D eigenvalue weighted by Crippen LogP contribution is 2.24. The summed E-state index contributed by atoms with van der Waals surface area (Å²) in [5.41, 5.74) is 0. The molecule has 0 aliphatic carbocycles. The number of esters is 1. The van der Waals surface area contributed by atoms with Gasteiger partial charge in [0.2, 0.25) is 0 Å². The van der Waals surface area contributed by atoms with Crippen molar-refractivity contribution in [1.29, 1.82) is 0 Å². The Morgan fingerprint density at radius 2 is 1.86 bits per heavy atom. The molecule has 1 aliphatic heterocycles. The van der Waals surface area contributed by atoms with Crippen molar-refractivity contribution in [1.82, 2.24) is 0 Å². The number of hydrogen-bond acceptors (Lipinski definition) is 3. The van der Waals surface area contributed by atoms with Crippen LogP contribution in [0.1, 0.15) is 40.5 Å². The molecular formula is C11H22O3. The van der Waals surface area contributed by atoms with Crippen molar-refractivity contribution in [2.45, 2.75) is 52.7 Å². The van der Waals surface area contributed by atoms with Gasteiger partial charge in [-0.2, -0.15) is 0 Å². The zero-order valence-corrected chi connectivity index (χ0v) is 9.87. The standard InChI is InChI=1S/C9H16O3.C2H6/c1-6-4-7(2)12-8(5-6)9(10)11-3;1-2/h6-8H,4-5H2,1-3H3;1-2H3. The molecule has 1 aliphatic rings. The molecule has 14 heavy (non-hydrogen) atoms. The van der Waals surface area contributed by atoms with E-state index in [4.69, 9.17) is 4.74 Å². The summed E-state index contributed by atoms with van der Waals surface area (Å²) >= 11 is 0. The van der Waals surface area contributed by atoms with Crippen LogP contribution in [0.2, 0.25) is 0 Å². The summed E-state index contributed by atoms with van der Waals surface area (Å²) in [6.07, 6.45) is 1.66. The largest absolute Gasteiger partial charge is 0.467 e. The van der Waals surface area contributed by atoms with Crippen LogP contribution in [0, 0.1) is 5.92 Å². The number of hydrogen-bond donors (Lipinski definition) is 0. The monoisotopic (exact) mass is 202 g/mol. The van der Waals surface area contributed by atoms with Crippen molar-refractivity contribution >= 4 is 5.97 Å². The third-order valence-electron chi connectivity index (χ3n) is 2.21. The molecule has 0 spiro atoms. The second kappa shape index (κ2) is 6.82. The predicted molar refractivity (Wildman–Crippen MR) is 56.1 cm³/mol. The summed E-state index contributed by atoms with van der Waals surface area (Å²) in [6, 6.07) is 0. The maximum Gasteiger partial charge on any atom is 0.334 e. The minimum atomic E-state index is -0.339. The molecule has 0 radical (unpaired) electrons. The number of carbonyl (C=O) groups excluding carboxylic acids is 1. The van der Waals surface area contributed by atoms with Crippen LogP contribution in [0.25, 0.3) is 0 Å². The average Bonchev–Trinajstić information content (AvgIpc) is 2.18. The zero-order chi connectivity index (χ0) is 11.1. The first-order valence-corrected chi connectivity index (χ1v) is 5.36. The van der Waals surface area contributed by atoms with Crippen molar-refractivity contribution in [3.05, 3.63) is 0 Å². The lowest BCUT2D eigenvalue weighted by molar-refractivity contribution is -0.164. The lowest BCUT2D eigenvalue weighted by atomic mass is 9.94. The molecule has 1 heterocycles. The Hall–Kier alpha value is -0.570. The average molecular weight is 202 g/mol. The third kappa shape index (κ3) is 4.09. The van der Waals surface area contributed by atoms with Crippen LogP contribution in [0.15, 0.2) is 0 Å². The molecule has 1 rings (SSSR count). The lowest BCUT2D eigenvalue weighted by Gasteiger charge is -2.30. The second-order valence-corrected chi connectivity index (χ2v) is 3.54. The molecule has 0 amide bonds. The van der Waals surface area contributed by atoms with Gasteiger partial charge >= 0.3 is 5.97 Å². The van der Waals surface area contributed by atoms with Gasteiger partial charge in [-0.1, -0.05) is 20.8 Å². The molecular weight excluding hydrogens is 180 g/mol. The normalized spacial score (nSPS) is 31.4. The fourth-order valence-electron chi connectivity index (χ4n) is 1.70. The van der Waals surface area contributed by atoms with Gasteiger partial charge in [-0.05, 0) is 25.7 Å². The highest BCUT2D eigenvalue weighted by Gasteiger charge is 2.30. The first-order chi connectivity index (χ1) is 6.63. The quantitative estimate of drug-likeness (QED) is 0.612. The third-order valence-corrected chi connectivity index (χ3v) is 2.21. The summed E-state index contributed by atoms with van der Waals surface area (Å²) < 4.78 is 10.1. The number of methoxy groups -OCH3 is 1. The maximum absolute atomic E-state index is 11.1. The van der Waals surface area contributed by atoms with Crippen LogP contribution >= 0.6 is 0 Å². The molecule has 84 valence electrons. The summed E-state index contributed by atoms with van der Waals surface area (Å²) in [6.45, 7) is 8.13. The highest BCUT2D eigenvalue weighted by atomic mass is 16.6. The molecule has 0 N–H and O–H groups in total. The SMILES string of the molecule is CC.COC(=O)C1CC(C)CC(C)O1. The van der Waals surface area contributed by atoms with Crippen LogP contribution < -0.4 is 0 Å². The highest BCUT2D eigenvalue weighted by molar-refractivity contribution is 5.74. The zero-order valence-electron chi connectivity index (χ0n) is 9.87. The van der Waals surface area contributed by atoms with Crippen LogP contribution in [0.5, 0.6) is 0 Å². The van der Waals surface area contributed by atoms with E-state index in [0.29, 0.717) is 5.92 Å². The van der Waals surface area contributed by atoms with Crippen molar-refractivity contribution in [3.8, 4) is 0 Å². The van der Waals surface area contributed by atoms with Gasteiger partial charge in [0.15, 0.2) is 6.10 Å². The predicted octanol–water partition coefficient (Wildman–Crippen LogP) is 2.39. The van der Waals surface area contributed by atoms with Crippen LogP contribution in [0.4, 0.5) is 0 Å². The summed E-state index contributed by atoms with van der Waals surface area (Å²) in [4.78, 5) is 11.1. The molecule has 3 nitrogen and oxygen atoms in total. The molecule has 3 unspecified atom stereocenters. The molecule has 0 bridgehead atoms. The summed E-state index contributed by atoms with van der Waals surface area (Å²) in [7, 11) is 1.40. The van der Waals surface area contributed by atoms with E-state index in [1.807, 2.05) is 20.8 Å². The topological polar surface area (TPSA) is 35.5 Å². The van der Waals surface area contributed by atoms with Gasteiger partial charge in [-0.25, -0.2) is 4.79 Å². The van der Waals surface area contributed by atoms with Crippen LogP contribution in [-0.2, 0) is 14.3 Å². The molecule has 3 heteroatoms. The fourth-order valence-corrected chi connectivity index (χ4v) is 1.70. The number of carbonyl (C=O) groups is 1. The van der Waals surface area contributed by atoms with E-state index < -0.39 is 0 Å². The lowest BCUT2D eigenvalue weighted by Crippen LogP contribution is -2.36. The molecule has 1 saturated heterocycles. The van der Waals surface area contributed by atoms with Crippen molar-refractivity contribution in [2.24, 2.45) is 5.92 Å². The fraction of sp³-hybridized carbons (Fsp3) is 0.909. The van der Waals surface area contributed by atoms with E-state index in [2.05, 4.69) is 11.7 Å². The Balaban J connectivity index is 0.000000791. The molecule has 0 saturated carbocycles. The minimum absolute atomic E-state index is 0.179. The van der Waals surface area contributed by atoms with Gasteiger partial charge in [-0.3, -0.25) is 0 Å². The molecule has 0 aromatic rings. The molecule has 3 atom stereocenters. The molecule has 0 aromatic carbocycles. The van der Waals surface area contributed by atoms with Gasteiger partial charge in [0.1, 0.15) is 0 Å². The van der Waals surface area contributed by atoms with E-state index in [1.54, 1.807) is 0 Å². The van der Waals surface area contributed by atoms with Crippen LogP contribution in [-0.4, -0.2) is 25.3 Å². The van der Waals surface area contributed by atoms with Crippen molar-refractivity contribution in [2.75, 3.05) is 7.11 Å². The summed E-state index contributed by atoms with van der Waals surface area (Å²) in [5, 5.41) is 0. The first kappa shape index (κ1) is 13.4. The van der Waals surface area contributed by atoms with Crippen molar-refractivity contribution in [3.63, 3.8) is 0 Å². The Kier molecular flexibility index (Phi) is 6.54. The number of rotatable bonds is 1. The Morgan fingerprint density at radius 3 is 2.29 bits per heavy atom. The maximum atomic E-state index is 11.1. The van der Waals surface area contributed by atoms with Gasteiger partial charge < -0.3 is 9.47 Å². The van der Waals surface area contributed by atoms with Gasteiger partial charge in [0.05, 0.1) is 13.2 Å². The smallest absolute Gasteiger partial charge is 0.334 e. The van der Waals surface area contributed by atoms with Gasteiger partial charge in [0, 0.05) is 0 Å². The van der Waals surface area contributed by atoms with E-state index in [1.165, 1.54) is 7.11 Å². The Bertz CT molecular complexity index is 158. The number of ether oxygens (including phenoxy) is 2. The van der Waals surface area contributed by atoms with E-state index >= 15 is 0 Å². The van der Waals surface area contributed by atoms with E-state index in [-0.39, 0.29) is 18.2 Å². The Labute approximate surface area is 86.8 Å². The molecule has 0 aromatic heterocycles. The van der Waals surface area contributed by atoms with Gasteiger partial charge in [0.25, 0.3) is 0 Å². The first-order valence-electron chi connectivity index (χ1n) is 5.36. The minimum Gasteiger partial charge on any atom is -0.467 e. The van der Waals surface area contributed by atoms with Crippen molar-refractivity contribution < 1.29 is 14.3 Å². The second-order valence-electron chi connectivity index (χ2n) is 3.54. The molecule has 1 fully saturated rings. The van der Waals surface area contributed by atoms with Gasteiger partial charge in [-0.15, -0.1) is 0 Å². The van der Waals surface area contributed by atoms with Crippen LogP contribution in [0.3, 0.4) is 0 Å².